The van der Waals surface area contributed by atoms with Gasteiger partial charge < -0.3 is 29.5 Å². The quantitative estimate of drug-likeness (QED) is 0.495. The van der Waals surface area contributed by atoms with E-state index in [1.165, 1.54) is 0 Å². The van der Waals surface area contributed by atoms with Gasteiger partial charge in [0.25, 0.3) is 0 Å². The summed E-state index contributed by atoms with van der Waals surface area (Å²) in [5.74, 6) is 0. The van der Waals surface area contributed by atoms with E-state index in [0.29, 0.717) is 18.6 Å². The summed E-state index contributed by atoms with van der Waals surface area (Å²) in [7, 11) is 0. The number of aliphatic hydroxyl groups excluding tert-OH is 3. The first-order chi connectivity index (χ1) is 8.69. The molecule has 2 fully saturated rings. The van der Waals surface area contributed by atoms with Crippen LogP contribution in [-0.2, 0) is 14.2 Å². The Bertz CT molecular complexity index is 181. The van der Waals surface area contributed by atoms with Crippen LogP contribution in [0.1, 0.15) is 13.3 Å². The fraction of sp³-hybridized carbons (Fsp3) is 1.00. The molecular formula is C12H24O6. The van der Waals surface area contributed by atoms with Crippen molar-refractivity contribution in [2.45, 2.75) is 25.6 Å². The first kappa shape index (κ1) is 15.8. The molecule has 0 aliphatic carbocycles. The zero-order valence-electron chi connectivity index (χ0n) is 10.9. The van der Waals surface area contributed by atoms with Gasteiger partial charge in [0.15, 0.2) is 0 Å². The Morgan fingerprint density at radius 3 is 1.56 bits per heavy atom. The van der Waals surface area contributed by atoms with E-state index in [9.17, 15) is 0 Å². The minimum atomic E-state index is -0.667. The molecule has 0 aromatic rings. The molecule has 18 heavy (non-hydrogen) atoms. The Morgan fingerprint density at radius 1 is 1.00 bits per heavy atom. The summed E-state index contributed by atoms with van der Waals surface area (Å²) in [6.07, 6.45) is 1.38. The van der Waals surface area contributed by atoms with Crippen molar-refractivity contribution in [1.29, 1.82) is 0 Å². The largest absolute Gasteiger partial charge is 0.396 e. The molecule has 2 aliphatic rings. The average Bonchev–Trinajstić information content (AvgIpc) is 3.29. The van der Waals surface area contributed by atoms with Crippen molar-refractivity contribution in [3.05, 3.63) is 0 Å². The van der Waals surface area contributed by atoms with Crippen molar-refractivity contribution < 1.29 is 29.5 Å². The number of hydrogen-bond donors (Lipinski definition) is 3. The van der Waals surface area contributed by atoms with Crippen LogP contribution in [0.3, 0.4) is 0 Å². The van der Waals surface area contributed by atoms with Gasteiger partial charge in [0.05, 0.1) is 46.2 Å². The van der Waals surface area contributed by atoms with Crippen molar-refractivity contribution in [1.82, 2.24) is 0 Å². The topological polar surface area (TPSA) is 95.0 Å². The standard InChI is InChI=1S/C6H10O3.C6H14O3/c1(5-3-8-5)7-2-6-4-9-6;1-2-6(3-7,4-8)5-9/h5-6H,1-4H2;7-9H,2-5H2,1H3. The molecule has 2 aliphatic heterocycles. The van der Waals surface area contributed by atoms with E-state index in [1.54, 1.807) is 0 Å². The number of aliphatic hydroxyl groups is 3. The summed E-state index contributed by atoms with van der Waals surface area (Å²) in [4.78, 5) is 0. The summed E-state index contributed by atoms with van der Waals surface area (Å²) in [5, 5.41) is 26.0. The second-order valence-corrected chi connectivity index (χ2v) is 4.78. The molecular weight excluding hydrogens is 240 g/mol. The van der Waals surface area contributed by atoms with Gasteiger partial charge in [-0.15, -0.1) is 0 Å². The van der Waals surface area contributed by atoms with Gasteiger partial charge in [0, 0.05) is 5.41 Å². The normalized spacial score (nSPS) is 25.3. The number of epoxide rings is 2. The molecule has 2 rings (SSSR count). The van der Waals surface area contributed by atoms with E-state index in [4.69, 9.17) is 29.5 Å². The molecule has 0 bridgehead atoms. The van der Waals surface area contributed by atoms with Crippen LogP contribution in [0.25, 0.3) is 0 Å². The van der Waals surface area contributed by atoms with Crippen LogP contribution in [0.2, 0.25) is 0 Å². The third-order valence-electron chi connectivity index (χ3n) is 3.17. The molecule has 0 aromatic carbocycles. The Kier molecular flexibility index (Phi) is 7.06. The highest BCUT2D eigenvalue weighted by molar-refractivity contribution is 4.74. The van der Waals surface area contributed by atoms with Gasteiger partial charge in [-0.2, -0.15) is 0 Å². The smallest absolute Gasteiger partial charge is 0.104 e. The Hall–Kier alpha value is -0.240. The van der Waals surface area contributed by atoms with Gasteiger partial charge >= 0.3 is 0 Å². The Morgan fingerprint density at radius 2 is 1.39 bits per heavy atom. The summed E-state index contributed by atoms with van der Waals surface area (Å²) in [5.41, 5.74) is -0.667. The van der Waals surface area contributed by atoms with Crippen molar-refractivity contribution in [2.24, 2.45) is 5.41 Å². The highest BCUT2D eigenvalue weighted by Gasteiger charge is 2.26. The van der Waals surface area contributed by atoms with Gasteiger partial charge in [0.2, 0.25) is 0 Å². The van der Waals surface area contributed by atoms with Crippen LogP contribution in [0.15, 0.2) is 0 Å². The highest BCUT2D eigenvalue weighted by Crippen LogP contribution is 2.18. The Balaban J connectivity index is 0.000000180. The second-order valence-electron chi connectivity index (χ2n) is 4.78. The predicted octanol–water partition coefficient (Wildman–Crippen LogP) is -0.840. The van der Waals surface area contributed by atoms with Crippen LogP contribution >= 0.6 is 0 Å². The molecule has 6 nitrogen and oxygen atoms in total. The lowest BCUT2D eigenvalue weighted by atomic mass is 9.88. The summed E-state index contributed by atoms with van der Waals surface area (Å²) in [6, 6.07) is 0. The van der Waals surface area contributed by atoms with E-state index < -0.39 is 5.41 Å². The van der Waals surface area contributed by atoms with E-state index in [1.807, 2.05) is 6.92 Å². The average molecular weight is 264 g/mol. The number of rotatable bonds is 8. The zero-order chi connectivity index (χ0) is 13.4. The van der Waals surface area contributed by atoms with Crippen molar-refractivity contribution in [3.63, 3.8) is 0 Å². The van der Waals surface area contributed by atoms with Gasteiger partial charge in [-0.1, -0.05) is 6.92 Å². The van der Waals surface area contributed by atoms with Gasteiger partial charge in [0.1, 0.15) is 12.2 Å². The SMILES string of the molecule is C(OCC1CO1)C1CO1.CCC(CO)(CO)CO. The molecule has 108 valence electrons. The predicted molar refractivity (Wildman–Crippen MR) is 64.3 cm³/mol. The van der Waals surface area contributed by atoms with Crippen molar-refractivity contribution in [2.75, 3.05) is 46.2 Å². The molecule has 6 heteroatoms. The molecule has 2 unspecified atom stereocenters. The fourth-order valence-electron chi connectivity index (χ4n) is 1.14. The second kappa shape index (κ2) is 8.04. The molecule has 0 radical (unpaired) electrons. The van der Waals surface area contributed by atoms with E-state index in [0.717, 1.165) is 26.4 Å². The van der Waals surface area contributed by atoms with Gasteiger partial charge in [-0.25, -0.2) is 0 Å². The molecule has 0 aromatic heterocycles. The first-order valence-electron chi connectivity index (χ1n) is 6.33. The van der Waals surface area contributed by atoms with E-state index >= 15 is 0 Å². The maximum atomic E-state index is 8.66. The number of ether oxygens (including phenoxy) is 3. The summed E-state index contributed by atoms with van der Waals surface area (Å²) < 4.78 is 15.1. The summed E-state index contributed by atoms with van der Waals surface area (Å²) in [6.45, 7) is 4.61. The van der Waals surface area contributed by atoms with E-state index in [2.05, 4.69) is 0 Å². The van der Waals surface area contributed by atoms with Crippen LogP contribution in [-0.4, -0.2) is 73.8 Å². The minimum absolute atomic E-state index is 0.156. The molecule has 0 saturated carbocycles. The fourth-order valence-corrected chi connectivity index (χ4v) is 1.14. The van der Waals surface area contributed by atoms with Gasteiger partial charge in [-0.3, -0.25) is 0 Å². The van der Waals surface area contributed by atoms with Crippen LogP contribution in [0.5, 0.6) is 0 Å². The third-order valence-corrected chi connectivity index (χ3v) is 3.17. The Labute approximate surface area is 107 Å². The lowest BCUT2D eigenvalue weighted by Gasteiger charge is -2.24. The molecule has 2 heterocycles. The monoisotopic (exact) mass is 264 g/mol. The van der Waals surface area contributed by atoms with Gasteiger partial charge in [-0.05, 0) is 6.42 Å². The third kappa shape index (κ3) is 6.08. The molecule has 2 atom stereocenters. The summed E-state index contributed by atoms with van der Waals surface area (Å²) >= 11 is 0. The molecule has 0 amide bonds. The maximum Gasteiger partial charge on any atom is 0.104 e. The van der Waals surface area contributed by atoms with Crippen LogP contribution in [0.4, 0.5) is 0 Å². The first-order valence-corrected chi connectivity index (χ1v) is 6.33. The van der Waals surface area contributed by atoms with E-state index in [-0.39, 0.29) is 19.8 Å². The molecule has 0 spiro atoms. The lowest BCUT2D eigenvalue weighted by molar-refractivity contribution is 0.00304. The highest BCUT2D eigenvalue weighted by atomic mass is 16.6. The van der Waals surface area contributed by atoms with Crippen LogP contribution in [0, 0.1) is 5.41 Å². The molecule has 3 N–H and O–H groups in total. The molecule has 2 saturated heterocycles. The zero-order valence-corrected chi connectivity index (χ0v) is 10.9. The minimum Gasteiger partial charge on any atom is -0.396 e. The van der Waals surface area contributed by atoms with Crippen molar-refractivity contribution in [3.8, 4) is 0 Å². The maximum absolute atomic E-state index is 8.66. The number of hydrogen-bond acceptors (Lipinski definition) is 6. The van der Waals surface area contributed by atoms with Crippen molar-refractivity contribution >= 4 is 0 Å². The lowest BCUT2D eigenvalue weighted by Crippen LogP contribution is -2.32. The van der Waals surface area contributed by atoms with Crippen LogP contribution < -0.4 is 0 Å².